The van der Waals surface area contributed by atoms with E-state index in [0.717, 1.165) is 11.6 Å². The van der Waals surface area contributed by atoms with E-state index in [-0.39, 0.29) is 30.2 Å². The SMILES string of the molecule is COc1cccc(CCNC(=O)c2cc([N+](=O)[O-])ccc2NC(CO)CO)c1. The molecule has 0 aliphatic heterocycles. The van der Waals surface area contributed by atoms with Crippen LogP contribution in [0.15, 0.2) is 42.5 Å². The van der Waals surface area contributed by atoms with Gasteiger partial charge in [0.25, 0.3) is 11.6 Å². The van der Waals surface area contributed by atoms with Gasteiger partial charge in [0.05, 0.1) is 36.9 Å². The highest BCUT2D eigenvalue weighted by atomic mass is 16.6. The van der Waals surface area contributed by atoms with Crippen LogP contribution >= 0.6 is 0 Å². The predicted octanol–water partition coefficient (Wildman–Crippen LogP) is 1.34. The molecule has 4 N–H and O–H groups in total. The number of aliphatic hydroxyl groups is 2. The van der Waals surface area contributed by atoms with E-state index in [0.29, 0.717) is 18.7 Å². The van der Waals surface area contributed by atoms with Crippen molar-refractivity contribution >= 4 is 17.3 Å². The fourth-order valence-corrected chi connectivity index (χ4v) is 2.57. The van der Waals surface area contributed by atoms with E-state index in [2.05, 4.69) is 10.6 Å². The minimum absolute atomic E-state index is 0.0618. The number of hydrogen-bond donors (Lipinski definition) is 4. The Bertz CT molecular complexity index is 823. The Morgan fingerprint density at radius 2 is 1.96 bits per heavy atom. The first-order valence-corrected chi connectivity index (χ1v) is 8.66. The average molecular weight is 389 g/mol. The summed E-state index contributed by atoms with van der Waals surface area (Å²) in [5, 5.41) is 35.0. The lowest BCUT2D eigenvalue weighted by Crippen LogP contribution is -2.31. The van der Waals surface area contributed by atoms with Crippen LogP contribution in [0.5, 0.6) is 5.75 Å². The molecule has 0 aromatic heterocycles. The number of ether oxygens (including phenoxy) is 1. The van der Waals surface area contributed by atoms with Crippen LogP contribution in [0.3, 0.4) is 0 Å². The van der Waals surface area contributed by atoms with Crippen molar-refractivity contribution in [2.45, 2.75) is 12.5 Å². The number of anilines is 1. The van der Waals surface area contributed by atoms with Crippen LogP contribution in [0.25, 0.3) is 0 Å². The molecule has 2 rings (SSSR count). The van der Waals surface area contributed by atoms with E-state index in [4.69, 9.17) is 4.74 Å². The summed E-state index contributed by atoms with van der Waals surface area (Å²) in [6.45, 7) is -0.396. The van der Waals surface area contributed by atoms with Crippen molar-refractivity contribution in [2.75, 3.05) is 32.2 Å². The van der Waals surface area contributed by atoms with Crippen molar-refractivity contribution in [2.24, 2.45) is 0 Å². The number of non-ortho nitro benzene ring substituents is 1. The number of nitrogens with one attached hydrogen (secondary N) is 2. The fraction of sp³-hybridized carbons (Fsp3) is 0.316. The van der Waals surface area contributed by atoms with Gasteiger partial charge >= 0.3 is 0 Å². The molecule has 150 valence electrons. The number of hydrogen-bond acceptors (Lipinski definition) is 7. The Labute approximate surface area is 162 Å². The van der Waals surface area contributed by atoms with Crippen LogP contribution in [0.2, 0.25) is 0 Å². The Morgan fingerprint density at radius 3 is 2.61 bits per heavy atom. The second-order valence-corrected chi connectivity index (χ2v) is 6.05. The van der Waals surface area contributed by atoms with Crippen LogP contribution < -0.4 is 15.4 Å². The summed E-state index contributed by atoms with van der Waals surface area (Å²) in [7, 11) is 1.57. The molecule has 0 radical (unpaired) electrons. The molecule has 2 aromatic carbocycles. The normalized spacial score (nSPS) is 10.6. The second kappa shape index (κ2) is 10.2. The van der Waals surface area contributed by atoms with Crippen LogP contribution in [0, 0.1) is 10.1 Å². The van der Waals surface area contributed by atoms with E-state index in [1.54, 1.807) is 7.11 Å². The molecular weight excluding hydrogens is 366 g/mol. The molecule has 0 aliphatic rings. The molecule has 0 unspecified atom stereocenters. The largest absolute Gasteiger partial charge is 0.497 e. The molecule has 28 heavy (non-hydrogen) atoms. The maximum atomic E-state index is 12.6. The predicted molar refractivity (Wildman–Crippen MR) is 104 cm³/mol. The lowest BCUT2D eigenvalue weighted by molar-refractivity contribution is -0.384. The molecule has 0 saturated carbocycles. The zero-order valence-corrected chi connectivity index (χ0v) is 15.4. The molecule has 0 aliphatic carbocycles. The van der Waals surface area contributed by atoms with Crippen molar-refractivity contribution in [3.63, 3.8) is 0 Å². The maximum Gasteiger partial charge on any atom is 0.270 e. The van der Waals surface area contributed by atoms with Crippen LogP contribution in [-0.4, -0.2) is 54.0 Å². The van der Waals surface area contributed by atoms with Gasteiger partial charge < -0.3 is 25.6 Å². The summed E-state index contributed by atoms with van der Waals surface area (Å²) in [5.74, 6) is 0.219. The third kappa shape index (κ3) is 5.66. The summed E-state index contributed by atoms with van der Waals surface area (Å²) in [5.41, 5.74) is 1.09. The van der Waals surface area contributed by atoms with E-state index < -0.39 is 16.9 Å². The number of rotatable bonds is 10. The van der Waals surface area contributed by atoms with Crippen LogP contribution in [0.4, 0.5) is 11.4 Å². The quantitative estimate of drug-likeness (QED) is 0.356. The number of methoxy groups -OCH3 is 1. The molecule has 9 nitrogen and oxygen atoms in total. The first kappa shape index (κ1) is 21.1. The van der Waals surface area contributed by atoms with Crippen molar-refractivity contribution in [3.8, 4) is 5.75 Å². The van der Waals surface area contributed by atoms with Gasteiger partial charge in [-0.15, -0.1) is 0 Å². The van der Waals surface area contributed by atoms with E-state index >= 15 is 0 Å². The molecule has 0 fully saturated rings. The number of nitrogens with zero attached hydrogens (tertiary/aromatic N) is 1. The molecule has 2 aromatic rings. The Hall–Kier alpha value is -3.17. The minimum atomic E-state index is -0.690. The molecule has 0 spiro atoms. The van der Waals surface area contributed by atoms with Gasteiger partial charge in [-0.2, -0.15) is 0 Å². The lowest BCUT2D eigenvalue weighted by Gasteiger charge is -2.17. The van der Waals surface area contributed by atoms with Gasteiger partial charge in [0.2, 0.25) is 0 Å². The Kier molecular flexibility index (Phi) is 7.73. The van der Waals surface area contributed by atoms with Crippen molar-refractivity contribution in [1.82, 2.24) is 5.32 Å². The van der Waals surface area contributed by atoms with Gasteiger partial charge in [0.1, 0.15) is 5.75 Å². The topological polar surface area (TPSA) is 134 Å². The fourth-order valence-electron chi connectivity index (χ4n) is 2.57. The zero-order valence-electron chi connectivity index (χ0n) is 15.4. The van der Waals surface area contributed by atoms with E-state index in [9.17, 15) is 25.1 Å². The summed E-state index contributed by atoms with van der Waals surface area (Å²) in [6.07, 6.45) is 0.552. The van der Waals surface area contributed by atoms with Gasteiger partial charge in [0.15, 0.2) is 0 Å². The van der Waals surface area contributed by atoms with Gasteiger partial charge in [-0.1, -0.05) is 12.1 Å². The van der Waals surface area contributed by atoms with Gasteiger partial charge in [-0.3, -0.25) is 14.9 Å². The molecule has 1 amide bonds. The highest BCUT2D eigenvalue weighted by Gasteiger charge is 2.18. The van der Waals surface area contributed by atoms with Crippen molar-refractivity contribution < 1.29 is 24.7 Å². The molecule has 0 atom stereocenters. The van der Waals surface area contributed by atoms with E-state index in [1.165, 1.54) is 12.1 Å². The smallest absolute Gasteiger partial charge is 0.270 e. The number of nitro groups is 1. The van der Waals surface area contributed by atoms with Crippen molar-refractivity contribution in [1.29, 1.82) is 0 Å². The Balaban J connectivity index is 2.12. The third-order valence-corrected chi connectivity index (χ3v) is 4.09. The van der Waals surface area contributed by atoms with Crippen LogP contribution in [0.1, 0.15) is 15.9 Å². The summed E-state index contributed by atoms with van der Waals surface area (Å²) in [4.78, 5) is 23.0. The standard InChI is InChI=1S/C19H23N3O6/c1-28-16-4-2-3-13(9-16)7-8-20-19(25)17-10-15(22(26)27)5-6-18(17)21-14(11-23)12-24/h2-6,9-10,14,21,23-24H,7-8,11-12H2,1H3,(H,20,25). The molecule has 0 heterocycles. The summed E-state index contributed by atoms with van der Waals surface area (Å²) < 4.78 is 5.16. The number of carbonyl (C=O) groups excluding carboxylic acids is 1. The number of amides is 1. The van der Waals surface area contributed by atoms with Gasteiger partial charge in [-0.05, 0) is 30.2 Å². The highest BCUT2D eigenvalue weighted by molar-refractivity contribution is 6.00. The van der Waals surface area contributed by atoms with E-state index in [1.807, 2.05) is 24.3 Å². The highest BCUT2D eigenvalue weighted by Crippen LogP contribution is 2.23. The van der Waals surface area contributed by atoms with Gasteiger partial charge in [-0.25, -0.2) is 0 Å². The third-order valence-electron chi connectivity index (χ3n) is 4.09. The molecular formula is C19H23N3O6. The molecule has 0 bridgehead atoms. The maximum absolute atomic E-state index is 12.6. The van der Waals surface area contributed by atoms with Gasteiger partial charge in [0, 0.05) is 24.4 Å². The first-order valence-electron chi connectivity index (χ1n) is 8.66. The zero-order chi connectivity index (χ0) is 20.5. The van der Waals surface area contributed by atoms with Crippen molar-refractivity contribution in [3.05, 3.63) is 63.7 Å². The minimum Gasteiger partial charge on any atom is -0.497 e. The number of nitro benzene ring substituents is 1. The van der Waals surface area contributed by atoms with Crippen LogP contribution in [-0.2, 0) is 6.42 Å². The number of aliphatic hydroxyl groups excluding tert-OH is 2. The monoisotopic (exact) mass is 389 g/mol. The lowest BCUT2D eigenvalue weighted by atomic mass is 10.1. The molecule has 0 saturated heterocycles. The molecule has 9 heteroatoms. The summed E-state index contributed by atoms with van der Waals surface area (Å²) in [6, 6.07) is 10.5. The average Bonchev–Trinajstić information content (AvgIpc) is 2.71. The first-order chi connectivity index (χ1) is 13.5. The summed E-state index contributed by atoms with van der Waals surface area (Å²) >= 11 is 0. The number of carbonyl (C=O) groups is 1. The second-order valence-electron chi connectivity index (χ2n) is 6.05. The Morgan fingerprint density at radius 1 is 1.21 bits per heavy atom. The number of benzene rings is 2.